The van der Waals surface area contributed by atoms with Gasteiger partial charge in [0.15, 0.2) is 11.6 Å². The van der Waals surface area contributed by atoms with Crippen LogP contribution in [0.25, 0.3) is 0 Å². The van der Waals surface area contributed by atoms with Crippen LogP contribution in [0.5, 0.6) is 11.5 Å². The Morgan fingerprint density at radius 1 is 0.759 bits per heavy atom. The molecule has 0 aromatic heterocycles. The first-order chi connectivity index (χ1) is 13.0. The van der Waals surface area contributed by atoms with Gasteiger partial charge >= 0.3 is 0 Å². The molecule has 0 aliphatic carbocycles. The van der Waals surface area contributed by atoms with Crippen molar-refractivity contribution in [3.63, 3.8) is 0 Å². The molecule has 2 aromatic carbocycles. The summed E-state index contributed by atoms with van der Waals surface area (Å²) in [5, 5.41) is 0. The van der Waals surface area contributed by atoms with Crippen molar-refractivity contribution in [3.05, 3.63) is 52.6 Å². The summed E-state index contributed by atoms with van der Waals surface area (Å²) < 4.78 is 95.6. The Kier molecular flexibility index (Phi) is 5.81. The molecule has 0 bridgehead atoms. The fourth-order valence-corrected chi connectivity index (χ4v) is 3.45. The van der Waals surface area contributed by atoms with Gasteiger partial charge in [0.2, 0.25) is 17.4 Å². The Morgan fingerprint density at radius 3 is 1.45 bits per heavy atom. The molecular formula is C20H21F4O4S-. The predicted molar refractivity (Wildman–Crippen MR) is 98.2 cm³/mol. The lowest BCUT2D eigenvalue weighted by Gasteiger charge is -2.29. The largest absolute Gasteiger partial charge is 0.744 e. The number of benzene rings is 2. The molecule has 2 rings (SSSR count). The van der Waals surface area contributed by atoms with Gasteiger partial charge in [-0.1, -0.05) is 59.7 Å². The molecule has 0 fully saturated rings. The van der Waals surface area contributed by atoms with Crippen LogP contribution >= 0.6 is 0 Å². The smallest absolute Gasteiger partial charge is 0.205 e. The van der Waals surface area contributed by atoms with Gasteiger partial charge < -0.3 is 9.29 Å². The number of halogens is 4. The molecule has 0 aliphatic heterocycles. The molecule has 0 N–H and O–H groups in total. The molecule has 0 unspecified atom stereocenters. The fraction of sp³-hybridized carbons (Fsp3) is 0.400. The van der Waals surface area contributed by atoms with Crippen molar-refractivity contribution >= 4 is 10.1 Å². The minimum atomic E-state index is -5.80. The Hall–Kier alpha value is -2.13. The summed E-state index contributed by atoms with van der Waals surface area (Å²) in [5.41, 5.74) is -0.132. The van der Waals surface area contributed by atoms with Crippen LogP contribution in [0.15, 0.2) is 23.1 Å². The molecule has 0 spiro atoms. The maximum absolute atomic E-state index is 14.5. The Bertz CT molecular complexity index is 1000. The van der Waals surface area contributed by atoms with E-state index in [0.717, 1.165) is 0 Å². The Labute approximate surface area is 167 Å². The van der Waals surface area contributed by atoms with Crippen LogP contribution < -0.4 is 4.74 Å². The van der Waals surface area contributed by atoms with Crippen LogP contribution in [0.2, 0.25) is 0 Å². The van der Waals surface area contributed by atoms with Gasteiger partial charge in [0, 0.05) is 11.1 Å². The van der Waals surface area contributed by atoms with E-state index in [1.54, 1.807) is 18.2 Å². The highest BCUT2D eigenvalue weighted by Crippen LogP contribution is 2.44. The first-order valence-corrected chi connectivity index (χ1v) is 10.0. The lowest BCUT2D eigenvalue weighted by molar-refractivity contribution is 0.336. The number of para-hydroxylation sites is 1. The average molecular weight is 433 g/mol. The summed E-state index contributed by atoms with van der Waals surface area (Å²) in [5.74, 6) is -10.4. The zero-order valence-electron chi connectivity index (χ0n) is 16.8. The van der Waals surface area contributed by atoms with Crippen molar-refractivity contribution in [1.29, 1.82) is 0 Å². The van der Waals surface area contributed by atoms with Crippen molar-refractivity contribution in [2.45, 2.75) is 57.3 Å². The van der Waals surface area contributed by atoms with Gasteiger partial charge in [-0.2, -0.15) is 8.78 Å². The molecule has 0 heterocycles. The molecular weight excluding hydrogens is 412 g/mol. The topological polar surface area (TPSA) is 66.4 Å². The van der Waals surface area contributed by atoms with Crippen LogP contribution in [0, 0.1) is 23.3 Å². The second-order valence-corrected chi connectivity index (χ2v) is 9.97. The lowest BCUT2D eigenvalue weighted by Crippen LogP contribution is -2.19. The highest BCUT2D eigenvalue weighted by atomic mass is 32.2. The zero-order chi connectivity index (χ0) is 22.5. The quantitative estimate of drug-likeness (QED) is 0.362. The summed E-state index contributed by atoms with van der Waals surface area (Å²) in [7, 11) is -5.80. The summed E-state index contributed by atoms with van der Waals surface area (Å²) in [6, 6.07) is 5.00. The Morgan fingerprint density at radius 2 is 1.14 bits per heavy atom. The molecule has 0 radical (unpaired) electrons. The number of ether oxygens (including phenoxy) is 1. The average Bonchev–Trinajstić information content (AvgIpc) is 2.54. The van der Waals surface area contributed by atoms with Crippen LogP contribution in [0.1, 0.15) is 52.7 Å². The van der Waals surface area contributed by atoms with E-state index in [4.69, 9.17) is 4.74 Å². The first-order valence-electron chi connectivity index (χ1n) is 8.61. The maximum atomic E-state index is 14.5. The van der Waals surface area contributed by atoms with E-state index in [0.29, 0.717) is 11.1 Å². The van der Waals surface area contributed by atoms with Gasteiger partial charge in [-0.15, -0.1) is 0 Å². The van der Waals surface area contributed by atoms with E-state index >= 15 is 0 Å². The molecule has 0 aliphatic rings. The Balaban J connectivity index is 2.86. The van der Waals surface area contributed by atoms with Crippen molar-refractivity contribution in [1.82, 2.24) is 0 Å². The van der Waals surface area contributed by atoms with Gasteiger partial charge in [0.1, 0.15) is 20.8 Å². The van der Waals surface area contributed by atoms with Crippen molar-refractivity contribution in [2.24, 2.45) is 0 Å². The third-order valence-corrected chi connectivity index (χ3v) is 5.13. The summed E-state index contributed by atoms with van der Waals surface area (Å²) in [4.78, 5) is -2.22. The predicted octanol–water partition coefficient (Wildman–Crippen LogP) is 5.53. The molecule has 0 atom stereocenters. The minimum Gasteiger partial charge on any atom is -0.744 e. The fourth-order valence-electron chi connectivity index (χ4n) is 2.83. The monoisotopic (exact) mass is 433 g/mol. The standard InChI is InChI=1S/C20H22F4O4S/c1-19(2,3)10-8-7-9-11(20(4,5)6)16(10)28-17-12(21)14(23)18(29(25,26)27)15(24)13(17)22/h7-9H,1-6H3,(H,25,26,27)/p-1. The van der Waals surface area contributed by atoms with E-state index in [-0.39, 0.29) is 5.75 Å². The third-order valence-electron chi connectivity index (χ3n) is 4.27. The minimum absolute atomic E-state index is 0.0122. The molecule has 2 aromatic rings. The SMILES string of the molecule is CC(C)(C)c1cccc(C(C)(C)C)c1Oc1c(F)c(F)c(S(=O)(=O)[O-])c(F)c1F. The highest BCUT2D eigenvalue weighted by Gasteiger charge is 2.33. The molecule has 160 valence electrons. The number of hydrogen-bond donors (Lipinski definition) is 0. The molecule has 4 nitrogen and oxygen atoms in total. The number of hydrogen-bond acceptors (Lipinski definition) is 4. The molecule has 0 amide bonds. The van der Waals surface area contributed by atoms with Gasteiger partial charge in [-0.25, -0.2) is 17.2 Å². The second-order valence-electron chi connectivity index (χ2n) is 8.65. The summed E-state index contributed by atoms with van der Waals surface area (Å²) in [6.07, 6.45) is 0. The van der Waals surface area contributed by atoms with Crippen molar-refractivity contribution < 1.29 is 35.3 Å². The van der Waals surface area contributed by atoms with E-state index in [9.17, 15) is 30.5 Å². The second kappa shape index (κ2) is 7.28. The van der Waals surface area contributed by atoms with E-state index in [1.165, 1.54) is 0 Å². The van der Waals surface area contributed by atoms with Crippen molar-refractivity contribution in [3.8, 4) is 11.5 Å². The molecule has 0 saturated carbocycles. The third kappa shape index (κ3) is 4.40. The first kappa shape index (κ1) is 23.2. The van der Waals surface area contributed by atoms with Crippen LogP contribution in [0.4, 0.5) is 17.6 Å². The molecule has 29 heavy (non-hydrogen) atoms. The summed E-state index contributed by atoms with van der Waals surface area (Å²) in [6.45, 7) is 10.8. The van der Waals surface area contributed by atoms with Crippen molar-refractivity contribution in [2.75, 3.05) is 0 Å². The molecule has 9 heteroatoms. The van der Waals surface area contributed by atoms with E-state index in [2.05, 4.69) is 0 Å². The van der Waals surface area contributed by atoms with E-state index < -0.39 is 54.9 Å². The van der Waals surface area contributed by atoms with Crippen LogP contribution in [-0.4, -0.2) is 13.0 Å². The molecule has 0 saturated heterocycles. The van der Waals surface area contributed by atoms with Crippen LogP contribution in [-0.2, 0) is 20.9 Å². The maximum Gasteiger partial charge on any atom is 0.205 e. The van der Waals surface area contributed by atoms with Gasteiger partial charge in [-0.05, 0) is 10.8 Å². The van der Waals surface area contributed by atoms with Crippen LogP contribution in [0.3, 0.4) is 0 Å². The van der Waals surface area contributed by atoms with Gasteiger partial charge in [0.05, 0.1) is 0 Å². The van der Waals surface area contributed by atoms with Gasteiger partial charge in [0.25, 0.3) is 0 Å². The van der Waals surface area contributed by atoms with Gasteiger partial charge in [-0.3, -0.25) is 0 Å². The normalized spacial score (nSPS) is 12.9. The zero-order valence-corrected chi connectivity index (χ0v) is 17.6. The highest BCUT2D eigenvalue weighted by molar-refractivity contribution is 7.85. The lowest BCUT2D eigenvalue weighted by atomic mass is 9.79. The van der Waals surface area contributed by atoms with E-state index in [1.807, 2.05) is 41.5 Å². The number of rotatable bonds is 3. The summed E-state index contributed by atoms with van der Waals surface area (Å²) >= 11 is 0.